The Labute approximate surface area is 119 Å². The van der Waals surface area contributed by atoms with E-state index in [9.17, 15) is 4.39 Å². The summed E-state index contributed by atoms with van der Waals surface area (Å²) in [5, 5.41) is 6.64. The van der Waals surface area contributed by atoms with E-state index in [2.05, 4.69) is 29.5 Å². The average Bonchev–Trinajstić information content (AvgIpc) is 2.42. The molecule has 0 radical (unpaired) electrons. The second-order valence-electron chi connectivity index (χ2n) is 4.87. The third-order valence-corrected chi connectivity index (χ3v) is 2.99. The van der Waals surface area contributed by atoms with Gasteiger partial charge in [-0.2, -0.15) is 0 Å². The first kappa shape index (κ1) is 14.3. The van der Waals surface area contributed by atoms with E-state index in [1.54, 1.807) is 6.20 Å². The number of aromatic nitrogens is 1. The fraction of sp³-hybridized carbons (Fsp3) is 0.312. The highest BCUT2D eigenvalue weighted by Crippen LogP contribution is 2.15. The molecule has 1 aromatic heterocycles. The molecular weight excluding hydrogens is 253 g/mol. The minimum absolute atomic E-state index is 0.197. The maximum atomic E-state index is 12.9. The molecule has 0 aliphatic carbocycles. The van der Waals surface area contributed by atoms with Crippen LogP contribution >= 0.6 is 0 Å². The molecule has 20 heavy (non-hydrogen) atoms. The van der Waals surface area contributed by atoms with Gasteiger partial charge in [-0.1, -0.05) is 12.1 Å². The number of hydrogen-bond donors (Lipinski definition) is 2. The van der Waals surface area contributed by atoms with Crippen LogP contribution in [0.5, 0.6) is 0 Å². The zero-order chi connectivity index (χ0) is 14.4. The zero-order valence-corrected chi connectivity index (χ0v) is 11.9. The number of nitrogens with zero attached hydrogens (tertiary/aromatic N) is 1. The van der Waals surface area contributed by atoms with Crippen molar-refractivity contribution in [1.82, 2.24) is 4.98 Å². The molecule has 2 N–H and O–H groups in total. The van der Waals surface area contributed by atoms with Crippen molar-refractivity contribution in [2.75, 3.05) is 17.2 Å². The van der Waals surface area contributed by atoms with Crippen LogP contribution in [0.3, 0.4) is 0 Å². The van der Waals surface area contributed by atoms with E-state index in [-0.39, 0.29) is 11.9 Å². The summed E-state index contributed by atoms with van der Waals surface area (Å²) in [6.45, 7) is 5.02. The van der Waals surface area contributed by atoms with Crippen LogP contribution in [0, 0.1) is 5.82 Å². The third kappa shape index (κ3) is 4.23. The van der Waals surface area contributed by atoms with Gasteiger partial charge in [0.2, 0.25) is 0 Å². The molecule has 2 aromatic rings. The quantitative estimate of drug-likeness (QED) is 0.842. The van der Waals surface area contributed by atoms with Crippen molar-refractivity contribution in [1.29, 1.82) is 0 Å². The molecule has 2 rings (SSSR count). The van der Waals surface area contributed by atoms with Crippen LogP contribution in [0.25, 0.3) is 0 Å². The van der Waals surface area contributed by atoms with Crippen molar-refractivity contribution < 1.29 is 4.39 Å². The SMILES string of the molecule is CCNc1cncc(NC(C)Cc2ccc(F)cc2)c1. The lowest BCUT2D eigenvalue weighted by atomic mass is 10.1. The summed E-state index contributed by atoms with van der Waals surface area (Å²) in [7, 11) is 0. The summed E-state index contributed by atoms with van der Waals surface area (Å²) in [5.41, 5.74) is 3.10. The van der Waals surface area contributed by atoms with Gasteiger partial charge in [0.1, 0.15) is 5.82 Å². The van der Waals surface area contributed by atoms with Crippen LogP contribution in [0.1, 0.15) is 19.4 Å². The van der Waals surface area contributed by atoms with E-state index in [1.165, 1.54) is 12.1 Å². The van der Waals surface area contributed by atoms with Crippen LogP contribution in [0.15, 0.2) is 42.7 Å². The molecule has 0 aliphatic rings. The van der Waals surface area contributed by atoms with E-state index in [4.69, 9.17) is 0 Å². The Morgan fingerprint density at radius 2 is 1.85 bits per heavy atom. The van der Waals surface area contributed by atoms with Gasteiger partial charge in [-0.05, 0) is 44.0 Å². The van der Waals surface area contributed by atoms with Crippen LogP contribution in [0.4, 0.5) is 15.8 Å². The lowest BCUT2D eigenvalue weighted by Crippen LogP contribution is -2.18. The third-order valence-electron chi connectivity index (χ3n) is 2.99. The van der Waals surface area contributed by atoms with E-state index in [0.717, 1.165) is 29.9 Å². The maximum absolute atomic E-state index is 12.9. The first-order valence-corrected chi connectivity index (χ1v) is 6.87. The Morgan fingerprint density at radius 1 is 1.15 bits per heavy atom. The Kier molecular flexibility index (Phi) is 4.93. The molecule has 0 saturated carbocycles. The Balaban J connectivity index is 1.95. The number of anilines is 2. The van der Waals surface area contributed by atoms with Crippen LogP contribution < -0.4 is 10.6 Å². The van der Waals surface area contributed by atoms with Gasteiger partial charge in [0, 0.05) is 12.6 Å². The lowest BCUT2D eigenvalue weighted by molar-refractivity contribution is 0.626. The topological polar surface area (TPSA) is 37.0 Å². The fourth-order valence-electron chi connectivity index (χ4n) is 2.13. The van der Waals surface area contributed by atoms with E-state index >= 15 is 0 Å². The normalized spacial score (nSPS) is 11.9. The molecule has 0 amide bonds. The molecule has 0 fully saturated rings. The minimum atomic E-state index is -0.197. The lowest BCUT2D eigenvalue weighted by Gasteiger charge is -2.16. The highest BCUT2D eigenvalue weighted by molar-refractivity contribution is 5.54. The molecule has 0 aliphatic heterocycles. The van der Waals surface area contributed by atoms with Gasteiger partial charge in [0.15, 0.2) is 0 Å². The molecule has 0 bridgehead atoms. The van der Waals surface area contributed by atoms with Crippen LogP contribution in [-0.2, 0) is 6.42 Å². The average molecular weight is 273 g/mol. The van der Waals surface area contributed by atoms with Gasteiger partial charge in [-0.3, -0.25) is 4.98 Å². The summed E-state index contributed by atoms with van der Waals surface area (Å²) in [5.74, 6) is -0.197. The molecule has 1 heterocycles. The standard InChI is InChI=1S/C16H20FN3/c1-3-19-15-9-16(11-18-10-15)20-12(2)8-13-4-6-14(17)7-5-13/h4-7,9-12,19-20H,3,8H2,1-2H3. The summed E-state index contributed by atoms with van der Waals surface area (Å²) < 4.78 is 12.9. The molecule has 1 aromatic carbocycles. The van der Waals surface area contributed by atoms with Crippen molar-refractivity contribution in [3.05, 3.63) is 54.1 Å². The van der Waals surface area contributed by atoms with E-state index in [1.807, 2.05) is 24.4 Å². The molecule has 4 heteroatoms. The fourth-order valence-corrected chi connectivity index (χ4v) is 2.13. The van der Waals surface area contributed by atoms with Gasteiger partial charge in [0.05, 0.1) is 23.8 Å². The number of halogens is 1. The van der Waals surface area contributed by atoms with Crippen molar-refractivity contribution in [3.63, 3.8) is 0 Å². The highest BCUT2D eigenvalue weighted by atomic mass is 19.1. The first-order chi connectivity index (χ1) is 9.67. The predicted octanol–water partition coefficient (Wildman–Crippen LogP) is 3.70. The van der Waals surface area contributed by atoms with Crippen molar-refractivity contribution in [2.45, 2.75) is 26.3 Å². The number of nitrogens with one attached hydrogen (secondary N) is 2. The molecule has 1 atom stereocenters. The van der Waals surface area contributed by atoms with Crippen molar-refractivity contribution in [2.24, 2.45) is 0 Å². The second kappa shape index (κ2) is 6.89. The van der Waals surface area contributed by atoms with Gasteiger partial charge < -0.3 is 10.6 Å². The van der Waals surface area contributed by atoms with E-state index < -0.39 is 0 Å². The number of hydrogen-bond acceptors (Lipinski definition) is 3. The zero-order valence-electron chi connectivity index (χ0n) is 11.9. The van der Waals surface area contributed by atoms with Crippen molar-refractivity contribution >= 4 is 11.4 Å². The van der Waals surface area contributed by atoms with Crippen LogP contribution in [-0.4, -0.2) is 17.6 Å². The van der Waals surface area contributed by atoms with Gasteiger partial charge in [-0.25, -0.2) is 4.39 Å². The summed E-state index contributed by atoms with van der Waals surface area (Å²) >= 11 is 0. The molecular formula is C16H20FN3. The monoisotopic (exact) mass is 273 g/mol. The maximum Gasteiger partial charge on any atom is 0.123 e. The van der Waals surface area contributed by atoms with Crippen molar-refractivity contribution in [3.8, 4) is 0 Å². The molecule has 106 valence electrons. The van der Waals surface area contributed by atoms with E-state index in [0.29, 0.717) is 0 Å². The first-order valence-electron chi connectivity index (χ1n) is 6.87. The summed E-state index contributed by atoms with van der Waals surface area (Å²) in [6.07, 6.45) is 4.45. The smallest absolute Gasteiger partial charge is 0.123 e. The second-order valence-corrected chi connectivity index (χ2v) is 4.87. The predicted molar refractivity (Wildman–Crippen MR) is 81.6 cm³/mol. The molecule has 3 nitrogen and oxygen atoms in total. The summed E-state index contributed by atoms with van der Waals surface area (Å²) in [6, 6.07) is 8.92. The number of pyridine rings is 1. The minimum Gasteiger partial charge on any atom is -0.384 e. The number of rotatable bonds is 6. The Hall–Kier alpha value is -2.10. The molecule has 0 saturated heterocycles. The highest BCUT2D eigenvalue weighted by Gasteiger charge is 2.05. The van der Waals surface area contributed by atoms with Gasteiger partial charge >= 0.3 is 0 Å². The summed E-state index contributed by atoms with van der Waals surface area (Å²) in [4.78, 5) is 4.20. The van der Waals surface area contributed by atoms with Gasteiger partial charge in [-0.15, -0.1) is 0 Å². The molecule has 1 unspecified atom stereocenters. The largest absolute Gasteiger partial charge is 0.384 e. The van der Waals surface area contributed by atoms with Gasteiger partial charge in [0.25, 0.3) is 0 Å². The van der Waals surface area contributed by atoms with Crippen LogP contribution in [0.2, 0.25) is 0 Å². The Bertz CT molecular complexity index is 540. The number of benzene rings is 1. The Morgan fingerprint density at radius 3 is 2.55 bits per heavy atom. The molecule has 0 spiro atoms.